The number of ether oxygens (including phenoxy) is 3. The lowest BCUT2D eigenvalue weighted by atomic mass is 9.98. The Morgan fingerprint density at radius 1 is 1.11 bits per heavy atom. The van der Waals surface area contributed by atoms with E-state index in [-0.39, 0.29) is 11.4 Å². The van der Waals surface area contributed by atoms with Gasteiger partial charge in [-0.05, 0) is 66.4 Å². The first kappa shape index (κ1) is 24.5. The van der Waals surface area contributed by atoms with Crippen LogP contribution in [-0.2, 0) is 4.79 Å². The van der Waals surface area contributed by atoms with Crippen molar-refractivity contribution in [3.05, 3.63) is 59.2 Å². The molecule has 0 bridgehead atoms. The minimum absolute atomic E-state index is 0.00142. The van der Waals surface area contributed by atoms with Crippen molar-refractivity contribution in [3.63, 3.8) is 0 Å². The highest BCUT2D eigenvalue weighted by Crippen LogP contribution is 2.32. The highest BCUT2D eigenvalue weighted by Gasteiger charge is 2.34. The number of methoxy groups -OCH3 is 1. The Hall–Kier alpha value is -3.59. The predicted molar refractivity (Wildman–Crippen MR) is 140 cm³/mol. The number of carbonyl (C=O) groups is 1. The molecule has 0 radical (unpaired) electrons. The minimum atomic E-state index is -0.465. The Bertz CT molecular complexity index is 1240. The highest BCUT2D eigenvalue weighted by molar-refractivity contribution is 8.26. The molecule has 0 unspecified atom stereocenters. The predicted octanol–water partition coefficient (Wildman–Crippen LogP) is 5.31. The summed E-state index contributed by atoms with van der Waals surface area (Å²) in [7, 11) is 1.56. The van der Waals surface area contributed by atoms with Crippen LogP contribution in [0.5, 0.6) is 17.2 Å². The molecule has 0 aromatic heterocycles. The number of rotatable bonds is 9. The van der Waals surface area contributed by atoms with Crippen LogP contribution in [0.1, 0.15) is 44.2 Å². The zero-order chi connectivity index (χ0) is 24.9. The quantitative estimate of drug-likeness (QED) is 0.377. The Morgan fingerprint density at radius 3 is 2.60 bits per heavy atom. The van der Waals surface area contributed by atoms with Crippen molar-refractivity contribution in [2.24, 2.45) is 10.1 Å². The lowest BCUT2D eigenvalue weighted by molar-refractivity contribution is -0.114. The van der Waals surface area contributed by atoms with Gasteiger partial charge in [-0.1, -0.05) is 38.1 Å². The average Bonchev–Trinajstić information content (AvgIpc) is 3.24. The number of para-hydroxylation sites is 1. The van der Waals surface area contributed by atoms with Crippen LogP contribution in [-0.4, -0.2) is 47.3 Å². The number of hydrazone groups is 1. The van der Waals surface area contributed by atoms with Gasteiger partial charge in [-0.3, -0.25) is 10.2 Å². The number of aliphatic imine (C=N–C) groups is 1. The second-order valence-electron chi connectivity index (χ2n) is 8.09. The van der Waals surface area contributed by atoms with E-state index >= 15 is 0 Å². The largest absolute Gasteiger partial charge is 0.493 e. The molecule has 1 atom stereocenters. The minimum Gasteiger partial charge on any atom is -0.493 e. The first-order chi connectivity index (χ1) is 16.9. The molecule has 2 aliphatic rings. The number of carbonyl (C=O) groups excluding carboxylic acids is 1. The van der Waals surface area contributed by atoms with Crippen molar-refractivity contribution in [1.29, 1.82) is 5.41 Å². The smallest absolute Gasteiger partial charge is 0.283 e. The van der Waals surface area contributed by atoms with Gasteiger partial charge >= 0.3 is 0 Å². The lowest BCUT2D eigenvalue weighted by Crippen LogP contribution is -2.35. The van der Waals surface area contributed by atoms with E-state index in [0.717, 1.165) is 17.2 Å². The van der Waals surface area contributed by atoms with Crippen LogP contribution in [0.3, 0.4) is 0 Å². The molecule has 2 aromatic rings. The van der Waals surface area contributed by atoms with Gasteiger partial charge in [-0.15, -0.1) is 0 Å². The lowest BCUT2D eigenvalue weighted by Gasteiger charge is -2.20. The third kappa shape index (κ3) is 5.40. The van der Waals surface area contributed by atoms with Crippen LogP contribution in [0.2, 0.25) is 0 Å². The third-order valence-corrected chi connectivity index (χ3v) is 6.54. The summed E-state index contributed by atoms with van der Waals surface area (Å²) < 4.78 is 17.4. The molecule has 2 aromatic carbocycles. The molecule has 0 saturated carbocycles. The molecule has 8 nitrogen and oxygen atoms in total. The van der Waals surface area contributed by atoms with Crippen LogP contribution in [0.15, 0.2) is 58.1 Å². The second-order valence-corrected chi connectivity index (χ2v) is 9.25. The van der Waals surface area contributed by atoms with Crippen molar-refractivity contribution in [2.45, 2.75) is 33.1 Å². The van der Waals surface area contributed by atoms with Gasteiger partial charge < -0.3 is 14.2 Å². The van der Waals surface area contributed by atoms with E-state index in [4.69, 9.17) is 19.6 Å². The summed E-state index contributed by atoms with van der Waals surface area (Å²) in [5.41, 5.74) is 2.04. The molecule has 9 heteroatoms. The van der Waals surface area contributed by atoms with Crippen molar-refractivity contribution in [2.75, 3.05) is 20.3 Å². The van der Waals surface area contributed by atoms with Crippen LogP contribution in [0.4, 0.5) is 0 Å². The van der Waals surface area contributed by atoms with E-state index in [1.54, 1.807) is 31.4 Å². The summed E-state index contributed by atoms with van der Waals surface area (Å²) in [6, 6.07) is 13.4. The fourth-order valence-corrected chi connectivity index (χ4v) is 4.42. The molecule has 0 aliphatic carbocycles. The fourth-order valence-electron chi connectivity index (χ4n) is 3.69. The summed E-state index contributed by atoms with van der Waals surface area (Å²) in [6.07, 6.45) is 2.65. The van der Waals surface area contributed by atoms with Gasteiger partial charge in [0.1, 0.15) is 19.0 Å². The summed E-state index contributed by atoms with van der Waals surface area (Å²) in [6.45, 7) is 6.89. The highest BCUT2D eigenvalue weighted by atomic mass is 32.2. The number of thioether (sulfide) groups is 1. The average molecular weight is 493 g/mol. The fraction of sp³-hybridized carbons (Fsp3) is 0.308. The van der Waals surface area contributed by atoms with Gasteiger partial charge in [0, 0.05) is 0 Å². The molecule has 1 N–H and O–H groups in total. The van der Waals surface area contributed by atoms with Crippen LogP contribution < -0.4 is 14.2 Å². The first-order valence-electron chi connectivity index (χ1n) is 11.4. The summed E-state index contributed by atoms with van der Waals surface area (Å²) in [5, 5.41) is 15.2. The van der Waals surface area contributed by atoms with Crippen LogP contribution >= 0.6 is 11.8 Å². The maximum absolute atomic E-state index is 12.5. The number of nitrogens with zero attached hydrogens (tertiary/aromatic N) is 3. The number of hydrogen-bond donors (Lipinski definition) is 1. The standard InChI is InChI=1S/C26H28N4O4S/c1-5-16(2)19-8-6-7-9-21(19)33-12-13-34-22-11-10-18(15-23(22)32-4)14-20-24(27)30-26(28-25(20)31)35-17(3)29-30/h6-11,14-16,27H,5,12-13H2,1-4H3/b20-14-,27-24?/t16-/m1/s1. The molecule has 0 saturated heterocycles. The summed E-state index contributed by atoms with van der Waals surface area (Å²) in [4.78, 5) is 16.6. The molecular weight excluding hydrogens is 464 g/mol. The Morgan fingerprint density at radius 2 is 1.86 bits per heavy atom. The van der Waals surface area contributed by atoms with E-state index < -0.39 is 5.91 Å². The molecule has 2 aliphatic heterocycles. The molecule has 182 valence electrons. The Labute approximate surface area is 209 Å². The summed E-state index contributed by atoms with van der Waals surface area (Å²) >= 11 is 1.27. The number of hydrogen-bond acceptors (Lipinski definition) is 7. The second kappa shape index (κ2) is 10.8. The molecule has 0 spiro atoms. The first-order valence-corrected chi connectivity index (χ1v) is 12.2. The monoisotopic (exact) mass is 492 g/mol. The Kier molecular flexibility index (Phi) is 7.55. The van der Waals surface area contributed by atoms with E-state index in [9.17, 15) is 4.79 Å². The molecule has 35 heavy (non-hydrogen) atoms. The van der Waals surface area contributed by atoms with Gasteiger partial charge in [0.15, 0.2) is 17.3 Å². The Balaban J connectivity index is 1.42. The number of amides is 1. The number of benzene rings is 2. The zero-order valence-electron chi connectivity index (χ0n) is 20.2. The zero-order valence-corrected chi connectivity index (χ0v) is 21.0. The topological polar surface area (TPSA) is 96.6 Å². The summed E-state index contributed by atoms with van der Waals surface area (Å²) in [5.74, 6) is 1.91. The van der Waals surface area contributed by atoms with Crippen molar-refractivity contribution in [1.82, 2.24) is 5.01 Å². The van der Waals surface area contributed by atoms with Gasteiger partial charge in [-0.25, -0.2) is 0 Å². The number of amidine groups is 2. The van der Waals surface area contributed by atoms with Crippen LogP contribution in [0, 0.1) is 5.41 Å². The van der Waals surface area contributed by atoms with Gasteiger partial charge in [0.2, 0.25) is 5.17 Å². The van der Waals surface area contributed by atoms with E-state index in [1.165, 1.54) is 22.3 Å². The maximum atomic E-state index is 12.5. The number of fused-ring (bicyclic) bond motifs is 1. The molecule has 4 rings (SSSR count). The van der Waals surface area contributed by atoms with Gasteiger partial charge in [-0.2, -0.15) is 15.1 Å². The van der Waals surface area contributed by atoms with Gasteiger partial charge in [0.05, 0.1) is 17.7 Å². The number of nitrogens with one attached hydrogen (secondary N) is 1. The van der Waals surface area contributed by atoms with Crippen molar-refractivity contribution < 1.29 is 19.0 Å². The molecule has 0 fully saturated rings. The molecule has 1 amide bonds. The van der Waals surface area contributed by atoms with Crippen molar-refractivity contribution in [3.8, 4) is 17.2 Å². The molecule has 2 heterocycles. The maximum Gasteiger partial charge on any atom is 0.283 e. The van der Waals surface area contributed by atoms with E-state index in [2.05, 4.69) is 30.0 Å². The SMILES string of the molecule is CC[C@@H](C)c1ccccc1OCCOc1ccc(/C=C2/C(=N)N3N=C(C)SC3=NC2=O)cc1OC. The van der Waals surface area contributed by atoms with Gasteiger partial charge in [0.25, 0.3) is 5.91 Å². The van der Waals surface area contributed by atoms with E-state index in [0.29, 0.717) is 41.4 Å². The van der Waals surface area contributed by atoms with Crippen molar-refractivity contribution >= 4 is 39.8 Å². The normalized spacial score (nSPS) is 17.1. The van der Waals surface area contributed by atoms with Crippen LogP contribution in [0.25, 0.3) is 6.08 Å². The third-order valence-electron chi connectivity index (χ3n) is 5.71. The molecular formula is C26H28N4O4S. The van der Waals surface area contributed by atoms with E-state index in [1.807, 2.05) is 25.1 Å².